The lowest BCUT2D eigenvalue weighted by Crippen LogP contribution is -2.13. The van der Waals surface area contributed by atoms with Crippen LogP contribution in [-0.2, 0) is 0 Å². The fourth-order valence-corrected chi connectivity index (χ4v) is 2.53. The van der Waals surface area contributed by atoms with Gasteiger partial charge in [-0.15, -0.1) is 0 Å². The molecule has 1 unspecified atom stereocenters. The van der Waals surface area contributed by atoms with Crippen LogP contribution < -0.4 is 0 Å². The van der Waals surface area contributed by atoms with E-state index in [1.165, 1.54) is 0 Å². The number of aromatic nitrogens is 1. The normalized spacial score (nSPS) is 19.0. The molecule has 1 aliphatic rings. The number of pyridine rings is 1. The van der Waals surface area contributed by atoms with Crippen molar-refractivity contribution in [3.05, 3.63) is 47.7 Å². The van der Waals surface area contributed by atoms with Crippen LogP contribution in [0.5, 0.6) is 0 Å². The van der Waals surface area contributed by atoms with Crippen LogP contribution in [0, 0.1) is 0 Å². The van der Waals surface area contributed by atoms with Gasteiger partial charge in [-0.05, 0) is 18.2 Å². The number of Topliss-reactive ketones (excluding diaryl/α,β-unsaturated/α-hetero) is 1. The number of hydrogen-bond acceptors (Lipinski definition) is 2. The van der Waals surface area contributed by atoms with Crippen LogP contribution in [0.2, 0.25) is 5.54 Å². The molecule has 1 aromatic carbocycles. The van der Waals surface area contributed by atoms with Gasteiger partial charge in [-0.2, -0.15) is 0 Å². The Morgan fingerprint density at radius 2 is 2.06 bits per heavy atom. The molecule has 2 aromatic rings. The van der Waals surface area contributed by atoms with Gasteiger partial charge in [0.1, 0.15) is 0 Å². The molecule has 78 valence electrons. The maximum absolute atomic E-state index is 12.0. The highest BCUT2D eigenvalue weighted by molar-refractivity contribution is 6.31. The van der Waals surface area contributed by atoms with Crippen LogP contribution in [0.1, 0.15) is 16.1 Å². The predicted octanol–water partition coefficient (Wildman–Crippen LogP) is 1.60. The molecular weight excluding hydrogens is 214 g/mol. The third-order valence-electron chi connectivity index (χ3n) is 2.98. The summed E-state index contributed by atoms with van der Waals surface area (Å²) >= 11 is 0. The van der Waals surface area contributed by atoms with E-state index >= 15 is 0 Å². The molecule has 3 heteroatoms. The number of carbonyl (C=O) groups excluding carboxylic acids is 1. The molecule has 0 saturated heterocycles. The van der Waals surface area contributed by atoms with Crippen LogP contribution in [0.4, 0.5) is 0 Å². The van der Waals surface area contributed by atoms with E-state index in [1.54, 1.807) is 0 Å². The summed E-state index contributed by atoms with van der Waals surface area (Å²) in [6, 6.07) is 9.87. The molecule has 0 amide bonds. The lowest BCUT2D eigenvalue weighted by molar-refractivity contribution is 0.0995. The van der Waals surface area contributed by atoms with E-state index < -0.39 is 0 Å². The average molecular weight is 225 g/mol. The molecular formula is C13H11NOSi. The minimum atomic E-state index is 0.107. The minimum absolute atomic E-state index is 0.107. The first-order valence-corrected chi connectivity index (χ1v) is 6.53. The van der Waals surface area contributed by atoms with Gasteiger partial charge in [0.05, 0.1) is 11.2 Å². The maximum atomic E-state index is 12.0. The summed E-state index contributed by atoms with van der Waals surface area (Å²) in [6.45, 7) is 0. The number of hydrogen-bond donors (Lipinski definition) is 0. The largest absolute Gasteiger partial charge is 0.294 e. The standard InChI is InChI=1S/C13H11NOSi/c15-13-9-7-8-3-1-2-4-10(8)14-11(9)5-6-12(13)16/h1-7,12H,16H3. The van der Waals surface area contributed by atoms with Crippen molar-refractivity contribution in [1.29, 1.82) is 0 Å². The predicted molar refractivity (Wildman–Crippen MR) is 68.8 cm³/mol. The molecule has 0 spiro atoms. The molecule has 0 radical (unpaired) electrons. The SMILES string of the molecule is O=C1c2cc3ccccc3nc2C=CC1[SiH3]. The molecule has 0 aliphatic heterocycles. The molecule has 1 atom stereocenters. The summed E-state index contributed by atoms with van der Waals surface area (Å²) in [7, 11) is 0.869. The van der Waals surface area contributed by atoms with Gasteiger partial charge in [-0.3, -0.25) is 4.79 Å². The number of allylic oxidation sites excluding steroid dienone is 1. The maximum Gasteiger partial charge on any atom is 0.168 e. The molecule has 0 bridgehead atoms. The first kappa shape index (κ1) is 9.48. The van der Waals surface area contributed by atoms with Crippen molar-refractivity contribution in [3.63, 3.8) is 0 Å². The number of ketones is 1. The Kier molecular flexibility index (Phi) is 2.01. The van der Waals surface area contributed by atoms with Crippen molar-refractivity contribution in [2.45, 2.75) is 5.54 Å². The summed E-state index contributed by atoms with van der Waals surface area (Å²) in [6.07, 6.45) is 3.94. The Labute approximate surface area is 96.4 Å². The van der Waals surface area contributed by atoms with Gasteiger partial charge in [0.25, 0.3) is 0 Å². The van der Waals surface area contributed by atoms with Gasteiger partial charge in [-0.25, -0.2) is 4.98 Å². The molecule has 1 aliphatic carbocycles. The zero-order chi connectivity index (χ0) is 11.1. The van der Waals surface area contributed by atoms with E-state index in [-0.39, 0.29) is 11.3 Å². The van der Waals surface area contributed by atoms with E-state index in [2.05, 4.69) is 4.98 Å². The number of nitrogens with zero attached hydrogens (tertiary/aromatic N) is 1. The van der Waals surface area contributed by atoms with Crippen molar-refractivity contribution in [2.75, 3.05) is 0 Å². The highest BCUT2D eigenvalue weighted by Crippen LogP contribution is 2.26. The van der Waals surface area contributed by atoms with Crippen LogP contribution in [0.15, 0.2) is 36.4 Å². The number of benzene rings is 1. The summed E-state index contributed by atoms with van der Waals surface area (Å²) in [5, 5.41) is 1.04. The minimum Gasteiger partial charge on any atom is -0.294 e. The van der Waals surface area contributed by atoms with E-state index in [1.807, 2.05) is 42.5 Å². The van der Waals surface area contributed by atoms with Crippen LogP contribution >= 0.6 is 0 Å². The van der Waals surface area contributed by atoms with Crippen LogP contribution in [-0.4, -0.2) is 21.0 Å². The van der Waals surface area contributed by atoms with Crippen molar-refractivity contribution in [3.8, 4) is 0 Å². The molecule has 0 N–H and O–H groups in total. The van der Waals surface area contributed by atoms with E-state index in [9.17, 15) is 4.79 Å². The highest BCUT2D eigenvalue weighted by atomic mass is 28.1. The second kappa shape index (κ2) is 3.38. The monoisotopic (exact) mass is 225 g/mol. The second-order valence-electron chi connectivity index (χ2n) is 4.13. The van der Waals surface area contributed by atoms with Crippen molar-refractivity contribution >= 4 is 33.0 Å². The summed E-state index contributed by atoms with van der Waals surface area (Å²) in [5.41, 5.74) is 2.65. The number of carbonyl (C=O) groups is 1. The van der Waals surface area contributed by atoms with Gasteiger partial charge in [0, 0.05) is 26.7 Å². The Hall–Kier alpha value is -1.74. The first-order chi connectivity index (χ1) is 7.75. The highest BCUT2D eigenvalue weighted by Gasteiger charge is 2.20. The summed E-state index contributed by atoms with van der Waals surface area (Å²) < 4.78 is 0. The Bertz CT molecular complexity index is 618. The molecule has 2 nitrogen and oxygen atoms in total. The zero-order valence-electron chi connectivity index (χ0n) is 8.97. The zero-order valence-corrected chi connectivity index (χ0v) is 11.0. The first-order valence-electron chi connectivity index (χ1n) is 5.38. The second-order valence-corrected chi connectivity index (χ2v) is 5.37. The quantitative estimate of drug-likeness (QED) is 0.637. The molecule has 0 fully saturated rings. The Balaban J connectivity index is 2.33. The van der Waals surface area contributed by atoms with E-state index in [0.29, 0.717) is 0 Å². The molecule has 0 saturated carbocycles. The molecule has 16 heavy (non-hydrogen) atoms. The number of rotatable bonds is 0. The van der Waals surface area contributed by atoms with Gasteiger partial charge < -0.3 is 0 Å². The molecule has 1 aromatic heterocycles. The molecule has 3 rings (SSSR count). The van der Waals surface area contributed by atoms with Gasteiger partial charge in [0.15, 0.2) is 5.78 Å². The fourth-order valence-electron chi connectivity index (χ4n) is 2.02. The van der Waals surface area contributed by atoms with Crippen molar-refractivity contribution < 1.29 is 4.79 Å². The van der Waals surface area contributed by atoms with E-state index in [0.717, 1.165) is 32.4 Å². The van der Waals surface area contributed by atoms with Gasteiger partial charge >= 0.3 is 0 Å². The van der Waals surface area contributed by atoms with Gasteiger partial charge in [0.2, 0.25) is 0 Å². The third-order valence-corrected chi connectivity index (χ3v) is 3.88. The van der Waals surface area contributed by atoms with Gasteiger partial charge in [-0.1, -0.05) is 24.3 Å². The van der Waals surface area contributed by atoms with Crippen molar-refractivity contribution in [1.82, 2.24) is 4.98 Å². The lowest BCUT2D eigenvalue weighted by atomic mass is 9.98. The smallest absolute Gasteiger partial charge is 0.168 e. The summed E-state index contributed by atoms with van der Waals surface area (Å²) in [5.74, 6) is 0.224. The number of fused-ring (bicyclic) bond motifs is 2. The topological polar surface area (TPSA) is 30.0 Å². The van der Waals surface area contributed by atoms with Crippen LogP contribution in [0.25, 0.3) is 17.0 Å². The Morgan fingerprint density at radius 1 is 1.25 bits per heavy atom. The lowest BCUT2D eigenvalue weighted by Gasteiger charge is -2.14. The van der Waals surface area contributed by atoms with E-state index in [4.69, 9.17) is 0 Å². The number of para-hydroxylation sites is 1. The van der Waals surface area contributed by atoms with Crippen molar-refractivity contribution in [2.24, 2.45) is 0 Å². The fraction of sp³-hybridized carbons (Fsp3) is 0.0769. The third kappa shape index (κ3) is 1.32. The molecule has 1 heterocycles. The average Bonchev–Trinajstić information content (AvgIpc) is 2.32. The summed E-state index contributed by atoms with van der Waals surface area (Å²) in [4.78, 5) is 16.5. The Morgan fingerprint density at radius 3 is 2.94 bits per heavy atom. The van der Waals surface area contributed by atoms with Crippen LogP contribution in [0.3, 0.4) is 0 Å².